The lowest BCUT2D eigenvalue weighted by Gasteiger charge is -2.14. The van der Waals surface area contributed by atoms with Gasteiger partial charge < -0.3 is 20.7 Å². The summed E-state index contributed by atoms with van der Waals surface area (Å²) < 4.78 is 35.0. The molecule has 2 amide bonds. The number of carbonyl (C=O) groups excluding carboxylic acids is 2. The first-order valence-electron chi connectivity index (χ1n) is 10.5. The summed E-state index contributed by atoms with van der Waals surface area (Å²) in [6, 6.07) is 10.4. The lowest BCUT2D eigenvalue weighted by molar-refractivity contribution is -0.118. The van der Waals surface area contributed by atoms with Gasteiger partial charge in [-0.2, -0.15) is 10.1 Å². The summed E-state index contributed by atoms with van der Waals surface area (Å²) in [5.41, 5.74) is 0.844. The van der Waals surface area contributed by atoms with Gasteiger partial charge in [0.15, 0.2) is 11.6 Å². The van der Waals surface area contributed by atoms with Gasteiger partial charge in [-0.15, -0.1) is 0 Å². The van der Waals surface area contributed by atoms with Crippen molar-refractivity contribution in [3.63, 3.8) is 0 Å². The number of hydrogen-bond acceptors (Lipinski definition) is 6. The highest BCUT2D eigenvalue weighted by Gasteiger charge is 2.22. The molecule has 2 aromatic heterocycles. The van der Waals surface area contributed by atoms with Gasteiger partial charge in [0.25, 0.3) is 11.8 Å². The number of carbonyl (C=O) groups is 2. The molecule has 0 aliphatic heterocycles. The first kappa shape index (κ1) is 24.6. The Hall–Kier alpha value is -4.51. The molecular formula is C24H19ClF2N6O3. The summed E-state index contributed by atoms with van der Waals surface area (Å²) in [6.45, 7) is 1.53. The Morgan fingerprint density at radius 1 is 1.00 bits per heavy atom. The average Bonchev–Trinajstić information content (AvgIpc) is 3.23. The number of amides is 2. The molecule has 184 valence electrons. The van der Waals surface area contributed by atoms with Crippen LogP contribution in [0.5, 0.6) is 11.6 Å². The van der Waals surface area contributed by atoms with Crippen molar-refractivity contribution in [2.75, 3.05) is 17.7 Å². The minimum Gasteiger partial charge on any atom is -0.434 e. The van der Waals surface area contributed by atoms with Crippen molar-refractivity contribution in [2.24, 2.45) is 0 Å². The quantitative estimate of drug-likeness (QED) is 0.191. The van der Waals surface area contributed by atoms with Crippen molar-refractivity contribution >= 4 is 40.3 Å². The van der Waals surface area contributed by atoms with E-state index in [1.54, 1.807) is 19.3 Å². The largest absolute Gasteiger partial charge is 0.434 e. The highest BCUT2D eigenvalue weighted by Crippen LogP contribution is 2.29. The lowest BCUT2D eigenvalue weighted by Crippen LogP contribution is -2.29. The van der Waals surface area contributed by atoms with Crippen LogP contribution in [-0.4, -0.2) is 33.5 Å². The zero-order chi connectivity index (χ0) is 25.8. The van der Waals surface area contributed by atoms with Gasteiger partial charge in [0.2, 0.25) is 5.88 Å². The van der Waals surface area contributed by atoms with Crippen LogP contribution in [-0.2, 0) is 9.59 Å². The van der Waals surface area contributed by atoms with E-state index in [-0.39, 0.29) is 28.6 Å². The maximum atomic E-state index is 14.8. The summed E-state index contributed by atoms with van der Waals surface area (Å²) in [6.07, 6.45) is 2.78. The van der Waals surface area contributed by atoms with E-state index in [2.05, 4.69) is 26.0 Å². The molecule has 0 spiro atoms. The number of aromatic nitrogens is 3. The highest BCUT2D eigenvalue weighted by molar-refractivity contribution is 6.31. The Morgan fingerprint density at radius 2 is 1.67 bits per heavy atom. The van der Waals surface area contributed by atoms with Crippen LogP contribution in [0.25, 0.3) is 5.52 Å². The normalized spacial score (nSPS) is 11.6. The molecule has 0 saturated carbocycles. The van der Waals surface area contributed by atoms with Crippen LogP contribution in [0.2, 0.25) is 5.02 Å². The average molecular weight is 513 g/mol. The molecule has 0 fully saturated rings. The Bertz CT molecular complexity index is 1490. The summed E-state index contributed by atoms with van der Waals surface area (Å²) >= 11 is 5.98. The fraction of sp³-hybridized carbons (Fsp3) is 0.0833. The predicted octanol–water partition coefficient (Wildman–Crippen LogP) is 4.52. The standard InChI is InChI=1S/C24H19ClF2N6O3/c1-13(28-2)21(22(34)31-16-5-3-15(26)4-6-16)23(35)32-17-7-8-20(18(27)10-17)36-24-19-9-14(25)11-33(19)30-12-29-24/h3-12,28H,1-2H3,(H,31,34)(H,32,35)/b21-13+. The molecule has 0 radical (unpaired) electrons. The number of fused-ring (bicyclic) bond motifs is 1. The predicted molar refractivity (Wildman–Crippen MR) is 130 cm³/mol. The van der Waals surface area contributed by atoms with Gasteiger partial charge in [0, 0.05) is 36.4 Å². The van der Waals surface area contributed by atoms with Crippen molar-refractivity contribution in [1.29, 1.82) is 0 Å². The molecule has 9 nitrogen and oxygen atoms in total. The van der Waals surface area contributed by atoms with Gasteiger partial charge in [0.05, 0.1) is 5.02 Å². The Morgan fingerprint density at radius 3 is 2.33 bits per heavy atom. The SMILES string of the molecule is CN/C(C)=C(\C(=O)Nc1ccc(F)cc1)C(=O)Nc1ccc(Oc2ncnn3cc(Cl)cc23)c(F)c1. The summed E-state index contributed by atoms with van der Waals surface area (Å²) in [5, 5.41) is 12.2. The molecule has 2 aromatic carbocycles. The number of hydrogen-bond donors (Lipinski definition) is 3. The number of ether oxygens (including phenoxy) is 1. The second-order valence-electron chi connectivity index (χ2n) is 7.47. The van der Waals surface area contributed by atoms with Gasteiger partial charge in [-0.1, -0.05) is 11.6 Å². The number of rotatable bonds is 7. The van der Waals surface area contributed by atoms with E-state index in [4.69, 9.17) is 16.3 Å². The maximum Gasteiger partial charge on any atom is 0.263 e. The Kier molecular flexibility index (Phi) is 7.11. The summed E-state index contributed by atoms with van der Waals surface area (Å²) in [7, 11) is 1.54. The van der Waals surface area contributed by atoms with Crippen molar-refractivity contribution in [1.82, 2.24) is 19.9 Å². The fourth-order valence-electron chi connectivity index (χ4n) is 3.21. The van der Waals surface area contributed by atoms with Crippen LogP contribution in [0.4, 0.5) is 20.2 Å². The van der Waals surface area contributed by atoms with Crippen LogP contribution < -0.4 is 20.7 Å². The van der Waals surface area contributed by atoms with E-state index in [1.165, 1.54) is 54.2 Å². The molecule has 0 aliphatic carbocycles. The monoisotopic (exact) mass is 512 g/mol. The molecule has 0 atom stereocenters. The molecule has 36 heavy (non-hydrogen) atoms. The number of allylic oxidation sites excluding steroid dienone is 1. The molecule has 3 N–H and O–H groups in total. The maximum absolute atomic E-state index is 14.8. The zero-order valence-corrected chi connectivity index (χ0v) is 19.7. The zero-order valence-electron chi connectivity index (χ0n) is 19.0. The van der Waals surface area contributed by atoms with E-state index in [0.29, 0.717) is 16.2 Å². The summed E-state index contributed by atoms with van der Waals surface area (Å²) in [5.74, 6) is -2.83. The molecule has 0 bridgehead atoms. The molecule has 0 unspecified atom stereocenters. The molecule has 0 aliphatic rings. The topological polar surface area (TPSA) is 110 Å². The highest BCUT2D eigenvalue weighted by atomic mass is 35.5. The van der Waals surface area contributed by atoms with E-state index >= 15 is 0 Å². The molecule has 2 heterocycles. The number of nitrogens with one attached hydrogen (secondary N) is 3. The fourth-order valence-corrected chi connectivity index (χ4v) is 3.40. The first-order chi connectivity index (χ1) is 17.2. The second kappa shape index (κ2) is 10.4. The van der Waals surface area contributed by atoms with E-state index < -0.39 is 23.4 Å². The lowest BCUT2D eigenvalue weighted by atomic mass is 10.1. The second-order valence-corrected chi connectivity index (χ2v) is 7.90. The van der Waals surface area contributed by atoms with Gasteiger partial charge in [-0.05, 0) is 49.4 Å². The third kappa shape index (κ3) is 5.41. The molecule has 4 rings (SSSR count). The summed E-state index contributed by atoms with van der Waals surface area (Å²) in [4.78, 5) is 29.7. The van der Waals surface area contributed by atoms with Crippen LogP contribution in [0, 0.1) is 11.6 Å². The first-order valence-corrected chi connectivity index (χ1v) is 10.9. The molecular weight excluding hydrogens is 494 g/mol. The molecule has 4 aromatic rings. The number of anilines is 2. The number of benzene rings is 2. The third-order valence-electron chi connectivity index (χ3n) is 5.04. The minimum absolute atomic E-state index is 0.0828. The number of nitrogens with zero attached hydrogens (tertiary/aromatic N) is 3. The smallest absolute Gasteiger partial charge is 0.263 e. The van der Waals surface area contributed by atoms with Crippen LogP contribution >= 0.6 is 11.6 Å². The number of halogens is 3. The van der Waals surface area contributed by atoms with Crippen molar-refractivity contribution < 1.29 is 23.1 Å². The molecule has 12 heteroatoms. The van der Waals surface area contributed by atoms with Crippen LogP contribution in [0.15, 0.2) is 72.3 Å². The van der Waals surface area contributed by atoms with Crippen LogP contribution in [0.1, 0.15) is 6.92 Å². The van der Waals surface area contributed by atoms with E-state index in [9.17, 15) is 18.4 Å². The van der Waals surface area contributed by atoms with Crippen molar-refractivity contribution in [2.45, 2.75) is 6.92 Å². The molecule has 0 saturated heterocycles. The Balaban J connectivity index is 1.51. The van der Waals surface area contributed by atoms with E-state index in [1.807, 2.05) is 0 Å². The van der Waals surface area contributed by atoms with E-state index in [0.717, 1.165) is 6.07 Å². The van der Waals surface area contributed by atoms with Crippen molar-refractivity contribution in [3.05, 3.63) is 89.0 Å². The van der Waals surface area contributed by atoms with Crippen molar-refractivity contribution in [3.8, 4) is 11.6 Å². The van der Waals surface area contributed by atoms with Gasteiger partial charge in [-0.25, -0.2) is 13.3 Å². The Labute approximate surface area is 208 Å². The third-order valence-corrected chi connectivity index (χ3v) is 5.25. The minimum atomic E-state index is -0.783. The van der Waals surface area contributed by atoms with Crippen LogP contribution in [0.3, 0.4) is 0 Å². The van der Waals surface area contributed by atoms with Gasteiger partial charge in [0.1, 0.15) is 23.2 Å². The van der Waals surface area contributed by atoms with Gasteiger partial charge >= 0.3 is 0 Å². The van der Waals surface area contributed by atoms with Gasteiger partial charge in [-0.3, -0.25) is 9.59 Å².